The summed E-state index contributed by atoms with van der Waals surface area (Å²) in [5.41, 5.74) is 3.84. The van der Waals surface area contributed by atoms with Gasteiger partial charge in [-0.05, 0) is 56.7 Å². The quantitative estimate of drug-likeness (QED) is 0.608. The summed E-state index contributed by atoms with van der Waals surface area (Å²) in [4.78, 5) is 0. The van der Waals surface area contributed by atoms with Crippen molar-refractivity contribution < 1.29 is 13.3 Å². The normalized spacial score (nSPS) is 11.9. The van der Waals surface area contributed by atoms with Gasteiger partial charge in [0.25, 0.3) is 0 Å². The molecule has 0 saturated carbocycles. The number of rotatable bonds is 10. The van der Waals surface area contributed by atoms with E-state index in [0.29, 0.717) is 19.8 Å². The first-order valence-corrected chi connectivity index (χ1v) is 10.2. The summed E-state index contributed by atoms with van der Waals surface area (Å²) in [6.45, 7) is 14.8. The third-order valence-corrected chi connectivity index (χ3v) is 6.83. The van der Waals surface area contributed by atoms with Crippen LogP contribution in [-0.2, 0) is 13.3 Å². The van der Waals surface area contributed by atoms with Crippen molar-refractivity contribution in [2.75, 3.05) is 19.8 Å². The molecule has 0 spiro atoms. The standard InChI is InChI=1S/C18H32O3Si/c1-7-12-19-22(20-13-8-2,21-14-9-3)18-11-10-15(4)16(5)17(18)6/h10-11H,7-9,12-14H2,1-6H3. The maximum Gasteiger partial charge on any atom is 0.537 e. The third-order valence-electron chi connectivity index (χ3n) is 3.88. The lowest BCUT2D eigenvalue weighted by molar-refractivity contribution is 0.0730. The van der Waals surface area contributed by atoms with Crippen LogP contribution in [-0.4, -0.2) is 28.6 Å². The molecule has 0 unspecified atom stereocenters. The first-order chi connectivity index (χ1) is 10.5. The molecule has 0 fully saturated rings. The van der Waals surface area contributed by atoms with Crippen LogP contribution in [0.4, 0.5) is 0 Å². The maximum atomic E-state index is 6.24. The first kappa shape index (κ1) is 19.4. The van der Waals surface area contributed by atoms with E-state index in [1.54, 1.807) is 0 Å². The predicted octanol–water partition coefficient (Wildman–Crippen LogP) is 4.04. The van der Waals surface area contributed by atoms with E-state index in [4.69, 9.17) is 13.3 Å². The molecule has 1 rings (SSSR count). The molecular weight excluding hydrogens is 292 g/mol. The van der Waals surface area contributed by atoms with Crippen LogP contribution in [0.1, 0.15) is 56.7 Å². The van der Waals surface area contributed by atoms with Gasteiger partial charge >= 0.3 is 8.80 Å². The minimum Gasteiger partial charge on any atom is -0.370 e. The van der Waals surface area contributed by atoms with Gasteiger partial charge in [0, 0.05) is 25.0 Å². The minimum atomic E-state index is -2.83. The van der Waals surface area contributed by atoms with Crippen LogP contribution < -0.4 is 5.19 Å². The molecule has 0 saturated heterocycles. The average Bonchev–Trinajstić information content (AvgIpc) is 2.53. The fourth-order valence-corrected chi connectivity index (χ4v) is 5.42. The second kappa shape index (κ2) is 9.45. The van der Waals surface area contributed by atoms with E-state index in [1.165, 1.54) is 16.7 Å². The van der Waals surface area contributed by atoms with Crippen LogP contribution in [0.3, 0.4) is 0 Å². The molecule has 0 aliphatic heterocycles. The van der Waals surface area contributed by atoms with Gasteiger partial charge in [-0.3, -0.25) is 0 Å². The molecular formula is C18H32O3Si. The summed E-state index contributed by atoms with van der Waals surface area (Å²) >= 11 is 0. The Morgan fingerprint density at radius 2 is 1.18 bits per heavy atom. The SMILES string of the molecule is CCCO[Si](OCCC)(OCCC)c1ccc(C)c(C)c1C. The molecule has 0 aromatic heterocycles. The van der Waals surface area contributed by atoms with Crippen molar-refractivity contribution in [1.29, 1.82) is 0 Å². The van der Waals surface area contributed by atoms with Gasteiger partial charge in [0.2, 0.25) is 0 Å². The lowest BCUT2D eigenvalue weighted by Crippen LogP contribution is -2.58. The van der Waals surface area contributed by atoms with Crippen molar-refractivity contribution in [2.45, 2.75) is 60.8 Å². The van der Waals surface area contributed by atoms with Gasteiger partial charge in [-0.1, -0.05) is 32.9 Å². The molecule has 0 heterocycles. The molecule has 22 heavy (non-hydrogen) atoms. The monoisotopic (exact) mass is 324 g/mol. The molecule has 126 valence electrons. The molecule has 0 amide bonds. The lowest BCUT2D eigenvalue weighted by atomic mass is 10.1. The molecule has 3 nitrogen and oxygen atoms in total. The van der Waals surface area contributed by atoms with Crippen LogP contribution >= 0.6 is 0 Å². The Kier molecular flexibility index (Phi) is 8.32. The Hall–Kier alpha value is -0.683. The van der Waals surface area contributed by atoms with Gasteiger partial charge in [-0.25, -0.2) is 0 Å². The molecule has 1 aromatic rings. The topological polar surface area (TPSA) is 27.7 Å². The maximum absolute atomic E-state index is 6.24. The highest BCUT2D eigenvalue weighted by Gasteiger charge is 2.45. The van der Waals surface area contributed by atoms with Crippen molar-refractivity contribution in [3.63, 3.8) is 0 Å². The molecule has 0 radical (unpaired) electrons. The van der Waals surface area contributed by atoms with E-state index in [-0.39, 0.29) is 0 Å². The summed E-state index contributed by atoms with van der Waals surface area (Å²) in [6.07, 6.45) is 2.89. The fraction of sp³-hybridized carbons (Fsp3) is 0.667. The first-order valence-electron chi connectivity index (χ1n) is 8.51. The van der Waals surface area contributed by atoms with E-state index in [1.807, 2.05) is 0 Å². The van der Waals surface area contributed by atoms with Crippen LogP contribution in [0.25, 0.3) is 0 Å². The molecule has 0 aliphatic rings. The largest absolute Gasteiger partial charge is 0.537 e. The Morgan fingerprint density at radius 1 is 0.727 bits per heavy atom. The van der Waals surface area contributed by atoms with E-state index in [9.17, 15) is 0 Å². The summed E-state index contributed by atoms with van der Waals surface area (Å²) in [5, 5.41) is 1.13. The van der Waals surface area contributed by atoms with Crippen LogP contribution in [0, 0.1) is 20.8 Å². The molecule has 0 bridgehead atoms. The average molecular weight is 325 g/mol. The zero-order valence-corrected chi connectivity index (χ0v) is 16.1. The van der Waals surface area contributed by atoms with Crippen LogP contribution in [0.15, 0.2) is 12.1 Å². The van der Waals surface area contributed by atoms with Crippen molar-refractivity contribution in [2.24, 2.45) is 0 Å². The van der Waals surface area contributed by atoms with Crippen molar-refractivity contribution >= 4 is 14.0 Å². The van der Waals surface area contributed by atoms with Crippen molar-refractivity contribution in [1.82, 2.24) is 0 Å². The minimum absolute atomic E-state index is 0.673. The third kappa shape index (κ3) is 4.65. The molecule has 4 heteroatoms. The number of benzene rings is 1. The van der Waals surface area contributed by atoms with E-state index in [0.717, 1.165) is 24.4 Å². The van der Waals surface area contributed by atoms with Crippen molar-refractivity contribution in [3.8, 4) is 0 Å². The van der Waals surface area contributed by atoms with Gasteiger partial charge in [-0.15, -0.1) is 0 Å². The highest BCUT2D eigenvalue weighted by Crippen LogP contribution is 2.19. The van der Waals surface area contributed by atoms with Crippen LogP contribution in [0.5, 0.6) is 0 Å². The molecule has 0 atom stereocenters. The zero-order valence-electron chi connectivity index (χ0n) is 15.1. The van der Waals surface area contributed by atoms with Gasteiger partial charge in [-0.2, -0.15) is 0 Å². The number of aryl methyl sites for hydroxylation is 1. The Balaban J connectivity index is 3.28. The van der Waals surface area contributed by atoms with Gasteiger partial charge < -0.3 is 13.3 Å². The van der Waals surface area contributed by atoms with Gasteiger partial charge in [0.1, 0.15) is 0 Å². The Labute approximate surface area is 137 Å². The van der Waals surface area contributed by atoms with E-state index < -0.39 is 8.80 Å². The smallest absolute Gasteiger partial charge is 0.370 e. The Morgan fingerprint density at radius 3 is 1.59 bits per heavy atom. The van der Waals surface area contributed by atoms with E-state index >= 15 is 0 Å². The summed E-state index contributed by atoms with van der Waals surface area (Å²) in [7, 11) is -2.83. The highest BCUT2D eigenvalue weighted by atomic mass is 28.4. The molecule has 0 aliphatic carbocycles. The summed E-state index contributed by atoms with van der Waals surface area (Å²) in [5.74, 6) is 0. The van der Waals surface area contributed by atoms with Gasteiger partial charge in [0.05, 0.1) is 0 Å². The zero-order chi connectivity index (χ0) is 16.6. The second-order valence-electron chi connectivity index (χ2n) is 5.78. The molecule has 0 N–H and O–H groups in total. The summed E-state index contributed by atoms with van der Waals surface area (Å²) in [6, 6.07) is 4.30. The molecule has 1 aromatic carbocycles. The number of hydrogen-bond acceptors (Lipinski definition) is 3. The van der Waals surface area contributed by atoms with Gasteiger partial charge in [0.15, 0.2) is 0 Å². The number of hydrogen-bond donors (Lipinski definition) is 0. The van der Waals surface area contributed by atoms with Crippen LogP contribution in [0.2, 0.25) is 0 Å². The second-order valence-corrected chi connectivity index (χ2v) is 8.30. The van der Waals surface area contributed by atoms with E-state index in [2.05, 4.69) is 53.7 Å². The summed E-state index contributed by atoms with van der Waals surface area (Å²) < 4.78 is 18.7. The lowest BCUT2D eigenvalue weighted by Gasteiger charge is -2.31. The predicted molar refractivity (Wildman–Crippen MR) is 94.8 cm³/mol. The fourth-order valence-electron chi connectivity index (χ4n) is 2.36. The highest BCUT2D eigenvalue weighted by molar-refractivity contribution is 6.75. The Bertz CT molecular complexity index is 438. The van der Waals surface area contributed by atoms with Crippen molar-refractivity contribution in [3.05, 3.63) is 28.8 Å².